The number of hydrogen-bond acceptors (Lipinski definition) is 2. The van der Waals surface area contributed by atoms with Crippen molar-refractivity contribution in [3.8, 4) is 5.75 Å². The van der Waals surface area contributed by atoms with Gasteiger partial charge in [-0.3, -0.25) is 4.79 Å². The third-order valence-corrected chi connectivity index (χ3v) is 2.93. The van der Waals surface area contributed by atoms with E-state index in [-0.39, 0.29) is 17.9 Å². The zero-order chi connectivity index (χ0) is 10.3. The molecule has 15 heavy (non-hydrogen) atoms. The zero-order valence-electron chi connectivity index (χ0n) is 8.14. The maximum atomic E-state index is 11.7. The van der Waals surface area contributed by atoms with Crippen LogP contribution in [0.1, 0.15) is 17.9 Å². The number of ether oxygens (including phenoxy) is 1. The van der Waals surface area contributed by atoms with E-state index in [4.69, 9.17) is 4.74 Å². The molecule has 76 valence electrons. The van der Waals surface area contributed by atoms with Crippen molar-refractivity contribution in [3.05, 3.63) is 42.1 Å². The third kappa shape index (κ3) is 1.23. The summed E-state index contributed by atoms with van der Waals surface area (Å²) in [7, 11) is 0. The number of benzene rings is 1. The summed E-state index contributed by atoms with van der Waals surface area (Å²) in [6.07, 6.45) is 4.17. The molecule has 3 nitrogen and oxygen atoms in total. The van der Waals surface area contributed by atoms with E-state index in [0.717, 1.165) is 17.7 Å². The molecule has 0 bridgehead atoms. The molecule has 2 atom stereocenters. The summed E-state index contributed by atoms with van der Waals surface area (Å²) in [4.78, 5) is 11.7. The van der Waals surface area contributed by atoms with Gasteiger partial charge in [-0.1, -0.05) is 24.3 Å². The van der Waals surface area contributed by atoms with Crippen molar-refractivity contribution >= 4 is 5.91 Å². The number of para-hydroxylation sites is 1. The van der Waals surface area contributed by atoms with Gasteiger partial charge in [0.25, 0.3) is 5.91 Å². The highest BCUT2D eigenvalue weighted by molar-refractivity contribution is 5.84. The third-order valence-electron chi connectivity index (χ3n) is 2.93. The van der Waals surface area contributed by atoms with E-state index in [1.165, 1.54) is 0 Å². The first-order chi connectivity index (χ1) is 7.36. The van der Waals surface area contributed by atoms with Gasteiger partial charge in [0.05, 0.1) is 0 Å². The molecule has 0 spiro atoms. The van der Waals surface area contributed by atoms with Gasteiger partial charge in [0, 0.05) is 11.5 Å². The number of rotatable bonds is 0. The Morgan fingerprint density at radius 3 is 3.13 bits per heavy atom. The SMILES string of the molecule is O=C1NC=CCC2c3ccccc3OC12. The summed E-state index contributed by atoms with van der Waals surface area (Å²) >= 11 is 0. The van der Waals surface area contributed by atoms with E-state index >= 15 is 0 Å². The van der Waals surface area contributed by atoms with Crippen LogP contribution in [0.2, 0.25) is 0 Å². The highest BCUT2D eigenvalue weighted by Gasteiger charge is 2.38. The molecular formula is C12H11NO2. The van der Waals surface area contributed by atoms with Crippen molar-refractivity contribution in [2.75, 3.05) is 0 Å². The van der Waals surface area contributed by atoms with Crippen LogP contribution < -0.4 is 10.1 Å². The maximum Gasteiger partial charge on any atom is 0.265 e. The molecule has 1 aromatic rings. The summed E-state index contributed by atoms with van der Waals surface area (Å²) in [5, 5.41) is 2.71. The molecule has 1 amide bonds. The Kier molecular flexibility index (Phi) is 1.78. The minimum atomic E-state index is -0.364. The molecule has 2 unspecified atom stereocenters. The largest absolute Gasteiger partial charge is 0.480 e. The molecule has 1 N–H and O–H groups in total. The standard InChI is InChI=1S/C12H11NO2/c14-12-11-9(5-3-7-13-12)8-4-1-2-6-10(8)15-11/h1-4,6-7,9,11H,5H2,(H,13,14). The van der Waals surface area contributed by atoms with E-state index < -0.39 is 0 Å². The summed E-state index contributed by atoms with van der Waals surface area (Å²) < 4.78 is 5.65. The fourth-order valence-corrected chi connectivity index (χ4v) is 2.20. The smallest absolute Gasteiger partial charge is 0.265 e. The first-order valence-electron chi connectivity index (χ1n) is 5.07. The van der Waals surface area contributed by atoms with E-state index in [2.05, 4.69) is 5.32 Å². The van der Waals surface area contributed by atoms with Crippen LogP contribution in [0.15, 0.2) is 36.5 Å². The molecule has 2 aliphatic heterocycles. The van der Waals surface area contributed by atoms with Gasteiger partial charge in [0.1, 0.15) is 5.75 Å². The predicted octanol–water partition coefficient (Wildman–Crippen LogP) is 1.56. The molecule has 0 radical (unpaired) electrons. The molecule has 3 rings (SSSR count). The van der Waals surface area contributed by atoms with Crippen LogP contribution in [0.4, 0.5) is 0 Å². The molecule has 1 aromatic carbocycles. The lowest BCUT2D eigenvalue weighted by Crippen LogP contribution is -2.35. The van der Waals surface area contributed by atoms with Crippen molar-refractivity contribution in [1.29, 1.82) is 0 Å². The first-order valence-corrected chi connectivity index (χ1v) is 5.07. The summed E-state index contributed by atoms with van der Waals surface area (Å²) in [5.41, 5.74) is 1.14. The van der Waals surface area contributed by atoms with Crippen LogP contribution in [-0.4, -0.2) is 12.0 Å². The molecule has 0 fully saturated rings. The quantitative estimate of drug-likeness (QED) is 0.691. The van der Waals surface area contributed by atoms with Gasteiger partial charge in [0.15, 0.2) is 6.10 Å². The van der Waals surface area contributed by atoms with Gasteiger partial charge in [0.2, 0.25) is 0 Å². The second kappa shape index (κ2) is 3.12. The van der Waals surface area contributed by atoms with Gasteiger partial charge in [-0.25, -0.2) is 0 Å². The van der Waals surface area contributed by atoms with Crippen molar-refractivity contribution in [2.24, 2.45) is 0 Å². The van der Waals surface area contributed by atoms with Crippen LogP contribution in [-0.2, 0) is 4.79 Å². The second-order valence-corrected chi connectivity index (χ2v) is 3.83. The van der Waals surface area contributed by atoms with E-state index in [9.17, 15) is 4.79 Å². The van der Waals surface area contributed by atoms with Crippen molar-refractivity contribution in [3.63, 3.8) is 0 Å². The molecule has 2 aliphatic rings. The summed E-state index contributed by atoms with van der Waals surface area (Å²) in [6, 6.07) is 7.86. The van der Waals surface area contributed by atoms with Gasteiger partial charge in [-0.2, -0.15) is 0 Å². The Hall–Kier alpha value is -1.77. The number of fused-ring (bicyclic) bond motifs is 3. The number of carbonyl (C=O) groups excluding carboxylic acids is 1. The Morgan fingerprint density at radius 1 is 1.33 bits per heavy atom. The van der Waals surface area contributed by atoms with Gasteiger partial charge < -0.3 is 10.1 Å². The normalized spacial score (nSPS) is 27.3. The van der Waals surface area contributed by atoms with Crippen molar-refractivity contribution in [1.82, 2.24) is 5.32 Å². The van der Waals surface area contributed by atoms with E-state index in [1.807, 2.05) is 30.3 Å². The van der Waals surface area contributed by atoms with Crippen LogP contribution in [0.5, 0.6) is 5.75 Å². The Labute approximate surface area is 87.7 Å². The van der Waals surface area contributed by atoms with Crippen molar-refractivity contribution < 1.29 is 9.53 Å². The molecule has 0 aromatic heterocycles. The summed E-state index contributed by atoms with van der Waals surface area (Å²) in [6.45, 7) is 0. The number of carbonyl (C=O) groups is 1. The van der Waals surface area contributed by atoms with Crippen LogP contribution in [0.3, 0.4) is 0 Å². The second-order valence-electron chi connectivity index (χ2n) is 3.83. The van der Waals surface area contributed by atoms with Gasteiger partial charge in [-0.05, 0) is 18.7 Å². The first kappa shape index (κ1) is 8.53. The number of amides is 1. The fourth-order valence-electron chi connectivity index (χ4n) is 2.20. The minimum absolute atomic E-state index is 0.0510. The minimum Gasteiger partial charge on any atom is -0.480 e. The lowest BCUT2D eigenvalue weighted by Gasteiger charge is -2.13. The molecule has 2 heterocycles. The Balaban J connectivity index is 2.05. The predicted molar refractivity (Wildman–Crippen MR) is 55.5 cm³/mol. The average Bonchev–Trinajstić information content (AvgIpc) is 2.54. The highest BCUT2D eigenvalue weighted by atomic mass is 16.5. The number of nitrogens with one attached hydrogen (secondary N) is 1. The molecule has 0 saturated heterocycles. The molecule has 0 saturated carbocycles. The lowest BCUT2D eigenvalue weighted by molar-refractivity contribution is -0.126. The van der Waals surface area contributed by atoms with Crippen molar-refractivity contribution in [2.45, 2.75) is 18.4 Å². The highest BCUT2D eigenvalue weighted by Crippen LogP contribution is 2.40. The Bertz CT molecular complexity index is 439. The topological polar surface area (TPSA) is 38.3 Å². The molecular weight excluding hydrogens is 190 g/mol. The molecule has 0 aliphatic carbocycles. The zero-order valence-corrected chi connectivity index (χ0v) is 8.14. The van der Waals surface area contributed by atoms with Gasteiger partial charge >= 0.3 is 0 Å². The van der Waals surface area contributed by atoms with Gasteiger partial charge in [-0.15, -0.1) is 0 Å². The number of hydrogen-bond donors (Lipinski definition) is 1. The van der Waals surface area contributed by atoms with E-state index in [1.54, 1.807) is 6.20 Å². The summed E-state index contributed by atoms with van der Waals surface area (Å²) in [5.74, 6) is 0.961. The molecule has 3 heteroatoms. The van der Waals surface area contributed by atoms with Crippen LogP contribution >= 0.6 is 0 Å². The maximum absolute atomic E-state index is 11.7. The monoisotopic (exact) mass is 201 g/mol. The van der Waals surface area contributed by atoms with Crippen LogP contribution in [0.25, 0.3) is 0 Å². The number of allylic oxidation sites excluding steroid dienone is 1. The fraction of sp³-hybridized carbons (Fsp3) is 0.250. The Morgan fingerprint density at radius 2 is 2.20 bits per heavy atom. The van der Waals surface area contributed by atoms with Crippen LogP contribution in [0, 0.1) is 0 Å². The average molecular weight is 201 g/mol. The van der Waals surface area contributed by atoms with E-state index in [0.29, 0.717) is 0 Å². The lowest BCUT2D eigenvalue weighted by atomic mass is 9.92.